The monoisotopic (exact) mass is 337 g/mol. The van der Waals surface area contributed by atoms with E-state index in [9.17, 15) is 18.8 Å². The van der Waals surface area contributed by atoms with Crippen molar-refractivity contribution in [1.29, 1.82) is 0 Å². The number of halogens is 1. The van der Waals surface area contributed by atoms with Crippen LogP contribution >= 0.6 is 0 Å². The maximum absolute atomic E-state index is 12.8. The van der Waals surface area contributed by atoms with Crippen molar-refractivity contribution in [3.63, 3.8) is 0 Å². The van der Waals surface area contributed by atoms with Crippen LogP contribution in [0.1, 0.15) is 19.8 Å². The van der Waals surface area contributed by atoms with E-state index in [0.717, 1.165) is 0 Å². The highest BCUT2D eigenvalue weighted by Crippen LogP contribution is 2.17. The molecule has 2 unspecified atom stereocenters. The quantitative estimate of drug-likeness (QED) is 0.579. The van der Waals surface area contributed by atoms with Gasteiger partial charge in [0.25, 0.3) is 5.91 Å². The van der Waals surface area contributed by atoms with E-state index in [2.05, 4.69) is 16.2 Å². The summed E-state index contributed by atoms with van der Waals surface area (Å²) in [5.74, 6) is -1.42. The number of rotatable bonds is 5. The molecule has 1 aromatic rings. The number of nitrogens with two attached hydrogens (primary N) is 1. The maximum atomic E-state index is 12.8. The third-order valence-electron chi connectivity index (χ3n) is 3.76. The van der Waals surface area contributed by atoms with E-state index >= 15 is 0 Å². The summed E-state index contributed by atoms with van der Waals surface area (Å²) < 4.78 is 12.8. The lowest BCUT2D eigenvalue weighted by Gasteiger charge is -2.25. The molecule has 0 radical (unpaired) electrons. The molecule has 2 atom stereocenters. The minimum absolute atomic E-state index is 0.380. The maximum Gasteiger partial charge on any atom is 0.318 e. The van der Waals surface area contributed by atoms with Crippen LogP contribution in [0.5, 0.6) is 0 Å². The number of carbonyl (C=O) groups is 3. The molecular formula is C15H20FN5O3. The molecule has 8 nitrogen and oxygen atoms in total. The smallest absolute Gasteiger partial charge is 0.318 e. The third-order valence-corrected chi connectivity index (χ3v) is 3.76. The van der Waals surface area contributed by atoms with Gasteiger partial charge in [0.15, 0.2) is 0 Å². The molecule has 1 aliphatic rings. The van der Waals surface area contributed by atoms with E-state index in [1.807, 2.05) is 0 Å². The van der Waals surface area contributed by atoms with Gasteiger partial charge in [-0.3, -0.25) is 20.4 Å². The zero-order valence-electron chi connectivity index (χ0n) is 13.2. The first kappa shape index (κ1) is 17.5. The van der Waals surface area contributed by atoms with Crippen LogP contribution in [-0.2, 0) is 9.59 Å². The van der Waals surface area contributed by atoms with Crippen LogP contribution in [-0.4, -0.2) is 41.4 Å². The highest BCUT2D eigenvalue weighted by molar-refractivity contribution is 5.90. The molecule has 0 aliphatic carbocycles. The van der Waals surface area contributed by atoms with Crippen molar-refractivity contribution < 1.29 is 18.8 Å². The molecule has 1 heterocycles. The fourth-order valence-corrected chi connectivity index (χ4v) is 2.37. The summed E-state index contributed by atoms with van der Waals surface area (Å²) in [7, 11) is 0. The molecule has 0 spiro atoms. The highest BCUT2D eigenvalue weighted by Gasteiger charge is 2.34. The van der Waals surface area contributed by atoms with Gasteiger partial charge in [-0.25, -0.2) is 9.18 Å². The Balaban J connectivity index is 1.91. The van der Waals surface area contributed by atoms with Crippen LogP contribution in [0.15, 0.2) is 24.3 Å². The zero-order valence-corrected chi connectivity index (χ0v) is 13.2. The number of benzene rings is 1. The van der Waals surface area contributed by atoms with Gasteiger partial charge in [0.05, 0.1) is 5.69 Å². The van der Waals surface area contributed by atoms with Gasteiger partial charge < -0.3 is 16.0 Å². The van der Waals surface area contributed by atoms with Crippen molar-refractivity contribution in [3.05, 3.63) is 30.1 Å². The van der Waals surface area contributed by atoms with Crippen LogP contribution in [0.3, 0.4) is 0 Å². The number of hydrazine groups is 1. The molecule has 0 saturated carbocycles. The van der Waals surface area contributed by atoms with Gasteiger partial charge in [-0.1, -0.05) is 0 Å². The second-order valence-corrected chi connectivity index (χ2v) is 5.55. The number of nitrogens with one attached hydrogen (secondary N) is 3. The number of carbonyl (C=O) groups excluding carboxylic acids is 3. The molecular weight excluding hydrogens is 317 g/mol. The van der Waals surface area contributed by atoms with E-state index in [-0.39, 0.29) is 5.82 Å². The van der Waals surface area contributed by atoms with Gasteiger partial charge in [0, 0.05) is 6.54 Å². The summed E-state index contributed by atoms with van der Waals surface area (Å²) in [5.41, 5.74) is 10.8. The second-order valence-electron chi connectivity index (χ2n) is 5.55. The van der Waals surface area contributed by atoms with Crippen LogP contribution in [0.25, 0.3) is 0 Å². The molecule has 24 heavy (non-hydrogen) atoms. The number of hydrogen-bond donors (Lipinski definition) is 4. The van der Waals surface area contributed by atoms with Gasteiger partial charge in [-0.2, -0.15) is 0 Å². The van der Waals surface area contributed by atoms with Gasteiger partial charge in [-0.15, -0.1) is 0 Å². The van der Waals surface area contributed by atoms with E-state index in [1.165, 1.54) is 36.1 Å². The number of anilines is 1. The van der Waals surface area contributed by atoms with Crippen molar-refractivity contribution in [2.75, 3.05) is 12.0 Å². The van der Waals surface area contributed by atoms with E-state index in [1.54, 1.807) is 0 Å². The number of hydrogen-bond acceptors (Lipinski definition) is 4. The van der Waals surface area contributed by atoms with Crippen molar-refractivity contribution >= 4 is 23.5 Å². The Morgan fingerprint density at radius 1 is 1.29 bits per heavy atom. The summed E-state index contributed by atoms with van der Waals surface area (Å²) in [6.07, 6.45) is 1.18. The predicted molar refractivity (Wildman–Crippen MR) is 85.1 cm³/mol. The summed E-state index contributed by atoms with van der Waals surface area (Å²) in [6.45, 7) is 1.88. The molecule has 1 aromatic carbocycles. The Hall–Kier alpha value is -2.84. The van der Waals surface area contributed by atoms with Gasteiger partial charge >= 0.3 is 6.03 Å². The van der Waals surface area contributed by atoms with Crippen molar-refractivity contribution in [1.82, 2.24) is 15.6 Å². The molecule has 1 saturated heterocycles. The van der Waals surface area contributed by atoms with Gasteiger partial charge in [-0.05, 0) is 44.0 Å². The van der Waals surface area contributed by atoms with E-state index in [0.29, 0.717) is 25.1 Å². The summed E-state index contributed by atoms with van der Waals surface area (Å²) >= 11 is 0. The Kier molecular flexibility index (Phi) is 5.56. The van der Waals surface area contributed by atoms with Crippen LogP contribution in [0.2, 0.25) is 0 Å². The molecule has 0 bridgehead atoms. The Morgan fingerprint density at radius 3 is 2.58 bits per heavy atom. The van der Waals surface area contributed by atoms with Crippen LogP contribution in [0.4, 0.5) is 14.9 Å². The number of likely N-dealkylation sites (tertiary alicyclic amines) is 1. The summed E-state index contributed by atoms with van der Waals surface area (Å²) in [4.78, 5) is 36.8. The van der Waals surface area contributed by atoms with Crippen molar-refractivity contribution in [3.8, 4) is 0 Å². The molecule has 130 valence electrons. The molecule has 0 aromatic heterocycles. The van der Waals surface area contributed by atoms with Gasteiger partial charge in [0.1, 0.15) is 17.9 Å². The fourth-order valence-electron chi connectivity index (χ4n) is 2.37. The topological polar surface area (TPSA) is 117 Å². The number of amides is 4. The number of urea groups is 1. The molecule has 1 fully saturated rings. The average molecular weight is 337 g/mol. The van der Waals surface area contributed by atoms with Gasteiger partial charge in [0.2, 0.25) is 5.91 Å². The lowest BCUT2D eigenvalue weighted by atomic mass is 10.2. The molecule has 5 N–H and O–H groups in total. The minimum Gasteiger partial charge on any atom is -0.368 e. The molecule has 2 rings (SSSR count). The first-order valence-electron chi connectivity index (χ1n) is 7.56. The van der Waals surface area contributed by atoms with Crippen molar-refractivity contribution in [2.24, 2.45) is 5.73 Å². The number of nitrogens with zero attached hydrogens (tertiary/aromatic N) is 1. The zero-order chi connectivity index (χ0) is 17.7. The lowest BCUT2D eigenvalue weighted by molar-refractivity contribution is -0.124. The standard InChI is InChI=1S/C15H20FN5O3/c1-9(13(17)22)18-15(24)21-8-2-3-12(21)14(23)20-19-11-6-4-10(16)5-7-11/h4-7,9,12,19H,2-3,8H2,1H3,(H2,17,22)(H,18,24)(H,20,23). The Labute approximate surface area is 138 Å². The average Bonchev–Trinajstić information content (AvgIpc) is 3.03. The highest BCUT2D eigenvalue weighted by atomic mass is 19.1. The summed E-state index contributed by atoms with van der Waals surface area (Å²) in [6, 6.07) is 3.48. The lowest BCUT2D eigenvalue weighted by Crippen LogP contribution is -2.53. The Morgan fingerprint density at radius 2 is 1.96 bits per heavy atom. The van der Waals surface area contributed by atoms with E-state index in [4.69, 9.17) is 5.73 Å². The first-order chi connectivity index (χ1) is 11.4. The summed E-state index contributed by atoms with van der Waals surface area (Å²) in [5, 5.41) is 2.46. The predicted octanol–water partition coefficient (Wildman–Crippen LogP) is 0.317. The van der Waals surface area contributed by atoms with E-state index < -0.39 is 29.9 Å². The van der Waals surface area contributed by atoms with Crippen LogP contribution in [0, 0.1) is 5.82 Å². The Bertz CT molecular complexity index is 622. The molecule has 1 aliphatic heterocycles. The third kappa shape index (κ3) is 4.34. The normalized spacial score (nSPS) is 17.9. The minimum atomic E-state index is -0.820. The second kappa shape index (κ2) is 7.62. The first-order valence-corrected chi connectivity index (χ1v) is 7.56. The largest absolute Gasteiger partial charge is 0.368 e. The van der Waals surface area contributed by atoms with Crippen LogP contribution < -0.4 is 21.9 Å². The molecule has 4 amide bonds. The SMILES string of the molecule is CC(NC(=O)N1CCCC1C(=O)NNc1ccc(F)cc1)C(N)=O. The molecule has 9 heteroatoms. The van der Waals surface area contributed by atoms with Crippen molar-refractivity contribution in [2.45, 2.75) is 31.8 Å². The fraction of sp³-hybridized carbons (Fsp3) is 0.400. The number of primary amides is 1.